The van der Waals surface area contributed by atoms with Crippen LogP contribution in [0.5, 0.6) is 5.75 Å². The van der Waals surface area contributed by atoms with Crippen LogP contribution in [0, 0.1) is 0 Å². The largest absolute Gasteiger partial charge is 0.496 e. The summed E-state index contributed by atoms with van der Waals surface area (Å²) >= 11 is 5.92. The molecule has 1 rings (SSSR count). The maximum atomic E-state index is 5.92. The first-order chi connectivity index (χ1) is 8.17. The van der Waals surface area contributed by atoms with Crippen molar-refractivity contribution in [3.8, 4) is 5.75 Å². The van der Waals surface area contributed by atoms with Crippen LogP contribution in [-0.4, -0.2) is 26.2 Å². The number of likely N-dealkylation sites (N-methyl/N-ethyl adjacent to an activating group) is 1. The monoisotopic (exact) mass is 256 g/mol. The van der Waals surface area contributed by atoms with Crippen molar-refractivity contribution < 1.29 is 4.74 Å². The summed E-state index contributed by atoms with van der Waals surface area (Å²) in [7, 11) is 1.66. The smallest absolute Gasteiger partial charge is 0.124 e. The van der Waals surface area contributed by atoms with Gasteiger partial charge in [0.05, 0.1) is 7.11 Å². The highest BCUT2D eigenvalue weighted by Gasteiger charge is 2.05. The fourth-order valence-electron chi connectivity index (χ4n) is 1.58. The first kappa shape index (κ1) is 14.3. The van der Waals surface area contributed by atoms with Gasteiger partial charge in [-0.25, -0.2) is 0 Å². The van der Waals surface area contributed by atoms with Crippen LogP contribution >= 0.6 is 11.6 Å². The van der Waals surface area contributed by atoms with E-state index >= 15 is 0 Å². The Bertz CT molecular complexity index is 344. The number of ether oxygens (including phenoxy) is 1. The van der Waals surface area contributed by atoms with E-state index in [4.69, 9.17) is 16.3 Å². The number of rotatable bonds is 7. The molecule has 1 unspecified atom stereocenters. The molecule has 0 bridgehead atoms. The van der Waals surface area contributed by atoms with Gasteiger partial charge in [-0.05, 0) is 25.6 Å². The van der Waals surface area contributed by atoms with Gasteiger partial charge in [0.1, 0.15) is 5.75 Å². The van der Waals surface area contributed by atoms with Crippen molar-refractivity contribution in [2.24, 2.45) is 0 Å². The van der Waals surface area contributed by atoms with E-state index in [0.29, 0.717) is 11.1 Å². The average molecular weight is 257 g/mol. The normalized spacial score (nSPS) is 12.5. The van der Waals surface area contributed by atoms with Crippen LogP contribution in [0.1, 0.15) is 19.4 Å². The molecule has 4 heteroatoms. The molecule has 0 fully saturated rings. The lowest BCUT2D eigenvalue weighted by Gasteiger charge is -2.15. The van der Waals surface area contributed by atoms with Crippen molar-refractivity contribution >= 4 is 11.6 Å². The number of hydrogen-bond acceptors (Lipinski definition) is 3. The van der Waals surface area contributed by atoms with E-state index in [-0.39, 0.29) is 0 Å². The van der Waals surface area contributed by atoms with Crippen molar-refractivity contribution in [1.82, 2.24) is 10.6 Å². The molecule has 3 nitrogen and oxygen atoms in total. The zero-order valence-corrected chi connectivity index (χ0v) is 11.5. The second-order valence-corrected chi connectivity index (χ2v) is 4.48. The molecule has 0 spiro atoms. The highest BCUT2D eigenvalue weighted by Crippen LogP contribution is 2.22. The lowest BCUT2D eigenvalue weighted by Crippen LogP contribution is -2.35. The Morgan fingerprint density at radius 2 is 2.18 bits per heavy atom. The number of methoxy groups -OCH3 is 1. The van der Waals surface area contributed by atoms with E-state index in [0.717, 1.165) is 30.9 Å². The van der Waals surface area contributed by atoms with Gasteiger partial charge in [-0.3, -0.25) is 0 Å². The van der Waals surface area contributed by atoms with Gasteiger partial charge in [-0.15, -0.1) is 0 Å². The van der Waals surface area contributed by atoms with Crippen molar-refractivity contribution in [2.45, 2.75) is 26.4 Å². The molecule has 0 heterocycles. The minimum atomic E-state index is 0.426. The minimum absolute atomic E-state index is 0.426. The van der Waals surface area contributed by atoms with Crippen LogP contribution < -0.4 is 15.4 Å². The Labute approximate surface area is 109 Å². The molecule has 0 aliphatic carbocycles. The van der Waals surface area contributed by atoms with Crippen molar-refractivity contribution in [1.29, 1.82) is 0 Å². The van der Waals surface area contributed by atoms with E-state index in [1.807, 2.05) is 18.2 Å². The molecule has 0 aromatic heterocycles. The average Bonchev–Trinajstić information content (AvgIpc) is 2.34. The zero-order valence-electron chi connectivity index (χ0n) is 10.7. The Kier molecular flexibility index (Phi) is 6.34. The van der Waals surface area contributed by atoms with Crippen LogP contribution in [0.15, 0.2) is 18.2 Å². The third kappa shape index (κ3) is 4.94. The summed E-state index contributed by atoms with van der Waals surface area (Å²) in [6, 6.07) is 6.15. The van der Waals surface area contributed by atoms with Crippen LogP contribution in [0.2, 0.25) is 5.02 Å². The fourth-order valence-corrected chi connectivity index (χ4v) is 1.74. The zero-order chi connectivity index (χ0) is 12.7. The van der Waals surface area contributed by atoms with Gasteiger partial charge in [-0.1, -0.05) is 24.6 Å². The molecule has 2 N–H and O–H groups in total. The first-order valence-electron chi connectivity index (χ1n) is 5.93. The molecule has 1 aromatic carbocycles. The second kappa shape index (κ2) is 7.54. The summed E-state index contributed by atoms with van der Waals surface area (Å²) in [5.74, 6) is 0.834. The third-order valence-corrected chi connectivity index (χ3v) is 2.83. The molecule has 1 aromatic rings. The molecular weight excluding hydrogens is 236 g/mol. The Balaban J connectivity index is 2.50. The minimum Gasteiger partial charge on any atom is -0.496 e. The van der Waals surface area contributed by atoms with E-state index in [9.17, 15) is 0 Å². The highest BCUT2D eigenvalue weighted by molar-refractivity contribution is 6.30. The molecule has 0 amide bonds. The Morgan fingerprint density at radius 3 is 2.82 bits per heavy atom. The van der Waals surface area contributed by atoms with Gasteiger partial charge < -0.3 is 15.4 Å². The van der Waals surface area contributed by atoms with Crippen molar-refractivity contribution in [3.63, 3.8) is 0 Å². The van der Waals surface area contributed by atoms with Crippen molar-refractivity contribution in [2.75, 3.05) is 20.2 Å². The van der Waals surface area contributed by atoms with Crippen LogP contribution in [0.4, 0.5) is 0 Å². The van der Waals surface area contributed by atoms with Gasteiger partial charge in [0.15, 0.2) is 0 Å². The number of halogens is 1. The summed E-state index contributed by atoms with van der Waals surface area (Å²) < 4.78 is 5.30. The Morgan fingerprint density at radius 1 is 1.41 bits per heavy atom. The fraction of sp³-hybridized carbons (Fsp3) is 0.538. The van der Waals surface area contributed by atoms with E-state index in [1.54, 1.807) is 7.11 Å². The highest BCUT2D eigenvalue weighted by atomic mass is 35.5. The first-order valence-corrected chi connectivity index (χ1v) is 6.31. The van der Waals surface area contributed by atoms with Gasteiger partial charge in [0.25, 0.3) is 0 Å². The standard InChI is InChI=1S/C13H21ClN2O/c1-4-15-8-10(2)16-9-11-5-6-12(14)7-13(11)17-3/h5-7,10,15-16H,4,8-9H2,1-3H3. The summed E-state index contributed by atoms with van der Waals surface area (Å²) in [5.41, 5.74) is 1.13. The van der Waals surface area contributed by atoms with E-state index < -0.39 is 0 Å². The van der Waals surface area contributed by atoms with Crippen molar-refractivity contribution in [3.05, 3.63) is 28.8 Å². The van der Waals surface area contributed by atoms with Crippen LogP contribution in [0.25, 0.3) is 0 Å². The lowest BCUT2D eigenvalue weighted by molar-refractivity contribution is 0.405. The summed E-state index contributed by atoms with van der Waals surface area (Å²) in [6.45, 7) is 7.01. The molecule has 0 radical (unpaired) electrons. The molecule has 0 aliphatic heterocycles. The molecule has 0 saturated heterocycles. The molecule has 96 valence electrons. The maximum absolute atomic E-state index is 5.92. The topological polar surface area (TPSA) is 33.3 Å². The lowest BCUT2D eigenvalue weighted by atomic mass is 10.2. The maximum Gasteiger partial charge on any atom is 0.124 e. The van der Waals surface area contributed by atoms with Crippen LogP contribution in [0.3, 0.4) is 0 Å². The molecule has 0 aliphatic rings. The number of benzene rings is 1. The number of hydrogen-bond donors (Lipinski definition) is 2. The van der Waals surface area contributed by atoms with E-state index in [1.165, 1.54) is 0 Å². The quantitative estimate of drug-likeness (QED) is 0.786. The SMILES string of the molecule is CCNCC(C)NCc1ccc(Cl)cc1OC. The van der Waals surface area contributed by atoms with Gasteiger partial charge >= 0.3 is 0 Å². The summed E-state index contributed by atoms with van der Waals surface area (Å²) in [6.07, 6.45) is 0. The number of nitrogens with one attached hydrogen (secondary N) is 2. The summed E-state index contributed by atoms with van der Waals surface area (Å²) in [5, 5.41) is 7.45. The second-order valence-electron chi connectivity index (χ2n) is 4.05. The van der Waals surface area contributed by atoms with Gasteiger partial charge in [0.2, 0.25) is 0 Å². The predicted molar refractivity (Wildman–Crippen MR) is 72.8 cm³/mol. The molecule has 0 saturated carbocycles. The third-order valence-electron chi connectivity index (χ3n) is 2.59. The summed E-state index contributed by atoms with van der Waals surface area (Å²) in [4.78, 5) is 0. The predicted octanol–water partition coefficient (Wildman–Crippen LogP) is 2.44. The van der Waals surface area contributed by atoms with Crippen LogP contribution in [-0.2, 0) is 6.54 Å². The molecule has 1 atom stereocenters. The van der Waals surface area contributed by atoms with Gasteiger partial charge in [-0.2, -0.15) is 0 Å². The van der Waals surface area contributed by atoms with E-state index in [2.05, 4.69) is 24.5 Å². The Hall–Kier alpha value is -0.770. The molecular formula is C13H21ClN2O. The van der Waals surface area contributed by atoms with Gasteiger partial charge in [0, 0.05) is 29.7 Å². The molecule has 17 heavy (non-hydrogen) atoms.